The summed E-state index contributed by atoms with van der Waals surface area (Å²) in [5.74, 6) is 0. The monoisotopic (exact) mass is 238 g/mol. The van der Waals surface area contributed by atoms with Crippen molar-refractivity contribution in [1.82, 2.24) is 14.8 Å². The zero-order chi connectivity index (χ0) is 9.26. The molecular weight excluding hydrogens is 232 g/mol. The molecule has 0 unspecified atom stereocenters. The first-order chi connectivity index (χ1) is 6.29. The second-order valence-electron chi connectivity index (χ2n) is 2.51. The third-order valence-corrected chi connectivity index (χ3v) is 2.39. The van der Waals surface area contributed by atoms with Gasteiger partial charge in [-0.3, -0.25) is 0 Å². The molecule has 1 heterocycles. The van der Waals surface area contributed by atoms with Crippen molar-refractivity contribution in [2.75, 3.05) is 5.73 Å². The van der Waals surface area contributed by atoms with E-state index in [0.717, 1.165) is 10.2 Å². The number of hydrogen-bond donors (Lipinski definition) is 1. The van der Waals surface area contributed by atoms with Gasteiger partial charge in [0, 0.05) is 4.47 Å². The van der Waals surface area contributed by atoms with Crippen LogP contribution in [0.25, 0.3) is 5.69 Å². The van der Waals surface area contributed by atoms with Crippen molar-refractivity contribution in [3.05, 3.63) is 35.3 Å². The fourth-order valence-corrected chi connectivity index (χ4v) is 1.41. The van der Waals surface area contributed by atoms with E-state index in [-0.39, 0.29) is 0 Å². The molecular formula is C8H7BrN4. The average molecular weight is 239 g/mol. The van der Waals surface area contributed by atoms with E-state index in [4.69, 9.17) is 5.73 Å². The number of hydrogen-bond acceptors (Lipinski definition) is 3. The topological polar surface area (TPSA) is 56.7 Å². The van der Waals surface area contributed by atoms with Crippen LogP contribution in [0.3, 0.4) is 0 Å². The van der Waals surface area contributed by atoms with Crippen molar-refractivity contribution in [2.24, 2.45) is 0 Å². The highest BCUT2D eigenvalue weighted by Crippen LogP contribution is 2.24. The molecule has 0 saturated heterocycles. The number of para-hydroxylation sites is 1. The molecule has 0 aliphatic rings. The number of nitrogens with zero attached hydrogens (tertiary/aromatic N) is 3. The number of halogens is 1. The lowest BCUT2D eigenvalue weighted by molar-refractivity contribution is 0.881. The van der Waals surface area contributed by atoms with E-state index >= 15 is 0 Å². The molecule has 0 aliphatic carbocycles. The second-order valence-corrected chi connectivity index (χ2v) is 3.37. The number of benzene rings is 1. The third kappa shape index (κ3) is 1.42. The quantitative estimate of drug-likeness (QED) is 0.769. The minimum atomic E-state index is 0.660. The summed E-state index contributed by atoms with van der Waals surface area (Å²) in [6.07, 6.45) is 3.08. The zero-order valence-electron chi connectivity index (χ0n) is 6.68. The van der Waals surface area contributed by atoms with Crippen molar-refractivity contribution < 1.29 is 0 Å². The van der Waals surface area contributed by atoms with Gasteiger partial charge >= 0.3 is 0 Å². The smallest absolute Gasteiger partial charge is 0.138 e. The van der Waals surface area contributed by atoms with E-state index < -0.39 is 0 Å². The molecule has 0 aliphatic heterocycles. The van der Waals surface area contributed by atoms with Crippen LogP contribution in [0.15, 0.2) is 35.3 Å². The fraction of sp³-hybridized carbons (Fsp3) is 0. The average Bonchev–Trinajstić information content (AvgIpc) is 2.62. The molecule has 13 heavy (non-hydrogen) atoms. The molecule has 0 radical (unpaired) electrons. The number of nitrogen functional groups attached to an aromatic ring is 1. The maximum Gasteiger partial charge on any atom is 0.138 e. The largest absolute Gasteiger partial charge is 0.396 e. The van der Waals surface area contributed by atoms with Gasteiger partial charge in [-0.15, -0.1) is 0 Å². The molecule has 0 bridgehead atoms. The van der Waals surface area contributed by atoms with Gasteiger partial charge in [-0.25, -0.2) is 9.67 Å². The highest BCUT2D eigenvalue weighted by molar-refractivity contribution is 9.10. The number of rotatable bonds is 1. The van der Waals surface area contributed by atoms with Crippen molar-refractivity contribution in [2.45, 2.75) is 0 Å². The first-order valence-electron chi connectivity index (χ1n) is 3.68. The van der Waals surface area contributed by atoms with E-state index in [0.29, 0.717) is 5.69 Å². The second kappa shape index (κ2) is 3.18. The molecule has 0 fully saturated rings. The van der Waals surface area contributed by atoms with Crippen LogP contribution in [0.1, 0.15) is 0 Å². The summed E-state index contributed by atoms with van der Waals surface area (Å²) >= 11 is 3.35. The van der Waals surface area contributed by atoms with Crippen LogP contribution < -0.4 is 5.73 Å². The van der Waals surface area contributed by atoms with Crippen molar-refractivity contribution in [1.29, 1.82) is 0 Å². The van der Waals surface area contributed by atoms with Crippen LogP contribution in [-0.2, 0) is 0 Å². The summed E-state index contributed by atoms with van der Waals surface area (Å²) in [7, 11) is 0. The molecule has 0 saturated carbocycles. The molecule has 4 nitrogen and oxygen atoms in total. The number of aromatic nitrogens is 3. The number of nitrogens with two attached hydrogens (primary N) is 1. The van der Waals surface area contributed by atoms with Crippen LogP contribution in [-0.4, -0.2) is 14.8 Å². The SMILES string of the molecule is Nc1c(Br)cccc1-n1cncn1. The van der Waals surface area contributed by atoms with Crippen LogP contribution >= 0.6 is 15.9 Å². The first-order valence-corrected chi connectivity index (χ1v) is 4.47. The van der Waals surface area contributed by atoms with Gasteiger partial charge in [-0.2, -0.15) is 5.10 Å². The molecule has 0 spiro atoms. The standard InChI is InChI=1S/C8H7BrN4/c9-6-2-1-3-7(8(6)10)13-5-11-4-12-13/h1-5H,10H2. The summed E-state index contributed by atoms with van der Waals surface area (Å²) in [6, 6.07) is 5.67. The third-order valence-electron chi connectivity index (χ3n) is 1.70. The Morgan fingerprint density at radius 2 is 2.23 bits per heavy atom. The van der Waals surface area contributed by atoms with E-state index in [1.807, 2.05) is 18.2 Å². The van der Waals surface area contributed by atoms with Crippen LogP contribution in [0.2, 0.25) is 0 Å². The molecule has 0 atom stereocenters. The van der Waals surface area contributed by atoms with Crippen LogP contribution in [0.5, 0.6) is 0 Å². The van der Waals surface area contributed by atoms with Gasteiger partial charge in [0.15, 0.2) is 0 Å². The fourth-order valence-electron chi connectivity index (χ4n) is 1.06. The Labute approximate surface area is 83.5 Å². The normalized spacial score (nSPS) is 10.2. The molecule has 2 rings (SSSR count). The Morgan fingerprint density at radius 1 is 1.38 bits per heavy atom. The highest BCUT2D eigenvalue weighted by atomic mass is 79.9. The lowest BCUT2D eigenvalue weighted by atomic mass is 10.3. The minimum Gasteiger partial charge on any atom is -0.396 e. The van der Waals surface area contributed by atoms with Gasteiger partial charge in [-0.1, -0.05) is 6.07 Å². The van der Waals surface area contributed by atoms with Crippen molar-refractivity contribution >= 4 is 21.6 Å². The predicted octanol–water partition coefficient (Wildman–Crippen LogP) is 1.61. The molecule has 0 amide bonds. The molecule has 2 N–H and O–H groups in total. The molecule has 1 aromatic carbocycles. The van der Waals surface area contributed by atoms with Crippen LogP contribution in [0, 0.1) is 0 Å². The summed E-state index contributed by atoms with van der Waals surface area (Å²) in [5, 5.41) is 3.99. The molecule has 1 aromatic heterocycles. The van der Waals surface area contributed by atoms with Gasteiger partial charge in [-0.05, 0) is 28.1 Å². The highest BCUT2D eigenvalue weighted by Gasteiger charge is 2.04. The van der Waals surface area contributed by atoms with Crippen LogP contribution in [0.4, 0.5) is 5.69 Å². The van der Waals surface area contributed by atoms with Gasteiger partial charge in [0.25, 0.3) is 0 Å². The summed E-state index contributed by atoms with van der Waals surface area (Å²) in [6.45, 7) is 0. The Hall–Kier alpha value is -1.36. The Morgan fingerprint density at radius 3 is 2.92 bits per heavy atom. The summed E-state index contributed by atoms with van der Waals surface area (Å²) in [5.41, 5.74) is 7.32. The van der Waals surface area contributed by atoms with Gasteiger partial charge in [0.2, 0.25) is 0 Å². The van der Waals surface area contributed by atoms with E-state index in [1.54, 1.807) is 11.0 Å². The summed E-state index contributed by atoms with van der Waals surface area (Å²) < 4.78 is 2.49. The predicted molar refractivity (Wildman–Crippen MR) is 53.5 cm³/mol. The maximum atomic E-state index is 5.84. The van der Waals surface area contributed by atoms with E-state index in [1.165, 1.54) is 6.33 Å². The Bertz CT molecular complexity index is 410. The first kappa shape index (κ1) is 8.25. The lowest BCUT2D eigenvalue weighted by Gasteiger charge is -2.05. The van der Waals surface area contributed by atoms with Gasteiger partial charge in [0.1, 0.15) is 12.7 Å². The number of anilines is 1. The van der Waals surface area contributed by atoms with Gasteiger partial charge in [0.05, 0.1) is 11.4 Å². The van der Waals surface area contributed by atoms with E-state index in [9.17, 15) is 0 Å². The van der Waals surface area contributed by atoms with E-state index in [2.05, 4.69) is 26.0 Å². The van der Waals surface area contributed by atoms with Crippen molar-refractivity contribution in [3.8, 4) is 5.69 Å². The zero-order valence-corrected chi connectivity index (χ0v) is 8.27. The Kier molecular flexibility index (Phi) is 2.02. The Balaban J connectivity index is 2.59. The molecule has 66 valence electrons. The minimum absolute atomic E-state index is 0.660. The lowest BCUT2D eigenvalue weighted by Crippen LogP contribution is -2.00. The van der Waals surface area contributed by atoms with Gasteiger partial charge < -0.3 is 5.73 Å². The molecule has 2 aromatic rings. The molecule has 5 heteroatoms. The summed E-state index contributed by atoms with van der Waals surface area (Å²) in [4.78, 5) is 3.85. The van der Waals surface area contributed by atoms with Crippen molar-refractivity contribution in [3.63, 3.8) is 0 Å². The maximum absolute atomic E-state index is 5.84.